The molecule has 6 amide bonds. The van der Waals surface area contributed by atoms with Crippen molar-refractivity contribution in [3.63, 3.8) is 0 Å². The van der Waals surface area contributed by atoms with E-state index in [1.54, 1.807) is 56.3 Å². The number of halogens is 2. The van der Waals surface area contributed by atoms with Gasteiger partial charge in [0.15, 0.2) is 0 Å². The standard InChI is InChI=1S/C57H66Cl2N8O9/c1-36-30-61-52(68)29-46(26-39-11-16-44(58)17-12-39)64(4)57(73)48(35-74-5)62-54(70)37(2)67(53(69)27-43(55(71)63(36)3)25-38-9-7-6-8-10-38)32-41-13-18-45(59)28-50(41)76-47-19-14-40(15-20-47)49-31-60-51-33-65(22-23-66(49)51)56(72)42-21-24-75-34-42/h6-20,28,31,36-37,42-43,46,48H,21-27,29-30,32-35H2,1-5H3,(H,61,68)(H,62,70)/t36-,37-,42?,43+,46-,48-/m0/s1. The summed E-state index contributed by atoms with van der Waals surface area (Å²) in [6, 6.07) is 25.5. The maximum Gasteiger partial charge on any atom is 0.247 e. The fourth-order valence-electron chi connectivity index (χ4n) is 9.97. The Bertz CT molecular complexity index is 2860. The Morgan fingerprint density at radius 2 is 1.55 bits per heavy atom. The summed E-state index contributed by atoms with van der Waals surface area (Å²) >= 11 is 12.8. The number of rotatable bonds is 12. The molecular formula is C57H66Cl2N8O9. The topological polar surface area (TPSA) is 185 Å². The minimum Gasteiger partial charge on any atom is -0.457 e. The first kappa shape index (κ1) is 55.4. The molecule has 0 bridgehead atoms. The number of aromatic nitrogens is 2. The zero-order chi connectivity index (χ0) is 54.0. The van der Waals surface area contributed by atoms with Crippen molar-refractivity contribution in [1.29, 1.82) is 0 Å². The largest absolute Gasteiger partial charge is 0.457 e. The average Bonchev–Trinajstić information content (AvgIpc) is 4.13. The van der Waals surface area contributed by atoms with Crippen molar-refractivity contribution >= 4 is 58.6 Å². The van der Waals surface area contributed by atoms with Crippen LogP contribution in [0.3, 0.4) is 0 Å². The van der Waals surface area contributed by atoms with Crippen LogP contribution in [0.5, 0.6) is 11.5 Å². The zero-order valence-corrected chi connectivity index (χ0v) is 45.1. The third-order valence-corrected chi connectivity index (χ3v) is 15.2. The van der Waals surface area contributed by atoms with Gasteiger partial charge in [-0.25, -0.2) is 4.98 Å². The minimum atomic E-state index is -1.21. The lowest BCUT2D eigenvalue weighted by Crippen LogP contribution is -2.57. The smallest absolute Gasteiger partial charge is 0.247 e. The molecule has 5 aromatic rings. The maximum atomic E-state index is 15.1. The van der Waals surface area contributed by atoms with E-state index in [0.29, 0.717) is 60.0 Å². The van der Waals surface area contributed by atoms with Gasteiger partial charge in [-0.2, -0.15) is 0 Å². The average molecular weight is 1080 g/mol. The van der Waals surface area contributed by atoms with Crippen LogP contribution < -0.4 is 15.4 Å². The molecule has 2 fully saturated rings. The molecular weight excluding hydrogens is 1010 g/mol. The first-order valence-electron chi connectivity index (χ1n) is 25.7. The van der Waals surface area contributed by atoms with Gasteiger partial charge < -0.3 is 49.0 Å². The molecule has 8 rings (SSSR count). The fraction of sp³-hybridized carbons (Fsp3) is 0.421. The van der Waals surface area contributed by atoms with Crippen LogP contribution in [-0.4, -0.2) is 143 Å². The van der Waals surface area contributed by atoms with E-state index < -0.39 is 47.8 Å². The number of hydrogen-bond acceptors (Lipinski definition) is 10. The molecule has 1 aromatic heterocycles. The van der Waals surface area contributed by atoms with Crippen molar-refractivity contribution in [3.8, 4) is 22.8 Å². The summed E-state index contributed by atoms with van der Waals surface area (Å²) in [6.45, 7) is 5.79. The maximum absolute atomic E-state index is 15.1. The van der Waals surface area contributed by atoms with Gasteiger partial charge in [-0.05, 0) is 92.8 Å². The number of methoxy groups -OCH3 is 1. The lowest BCUT2D eigenvalue weighted by Gasteiger charge is -2.35. The molecule has 2 N–H and O–H groups in total. The number of benzene rings is 4. The highest BCUT2D eigenvalue weighted by Gasteiger charge is 2.37. The molecule has 17 nitrogen and oxygen atoms in total. The number of imidazole rings is 1. The molecule has 0 spiro atoms. The number of hydrogen-bond donors (Lipinski definition) is 2. The molecule has 2 saturated heterocycles. The second kappa shape index (κ2) is 25.4. The number of likely N-dealkylation sites (N-methyl/N-ethyl adjacent to an activating group) is 2. The van der Waals surface area contributed by atoms with E-state index in [1.807, 2.05) is 84.8 Å². The molecule has 3 aliphatic heterocycles. The zero-order valence-electron chi connectivity index (χ0n) is 43.6. The highest BCUT2D eigenvalue weighted by Crippen LogP contribution is 2.33. The van der Waals surface area contributed by atoms with E-state index in [-0.39, 0.29) is 69.0 Å². The molecule has 6 atom stereocenters. The first-order valence-corrected chi connectivity index (χ1v) is 26.5. The summed E-state index contributed by atoms with van der Waals surface area (Å²) in [5.74, 6) is -1.59. The van der Waals surface area contributed by atoms with Crippen molar-refractivity contribution in [3.05, 3.63) is 136 Å². The Labute approximate surface area is 453 Å². The third-order valence-electron chi connectivity index (χ3n) is 14.7. The predicted molar refractivity (Wildman–Crippen MR) is 287 cm³/mol. The molecule has 0 saturated carbocycles. The lowest BCUT2D eigenvalue weighted by molar-refractivity contribution is -0.147. The van der Waals surface area contributed by atoms with Gasteiger partial charge in [-0.1, -0.05) is 71.7 Å². The van der Waals surface area contributed by atoms with E-state index in [2.05, 4.69) is 20.2 Å². The van der Waals surface area contributed by atoms with Crippen LogP contribution in [0.1, 0.15) is 55.6 Å². The molecule has 402 valence electrons. The summed E-state index contributed by atoms with van der Waals surface area (Å²) in [6.07, 6.45) is 2.69. The number of ether oxygens (including phenoxy) is 3. The third kappa shape index (κ3) is 13.6. The van der Waals surface area contributed by atoms with E-state index in [9.17, 15) is 24.0 Å². The Morgan fingerprint density at radius 3 is 2.26 bits per heavy atom. The summed E-state index contributed by atoms with van der Waals surface area (Å²) in [4.78, 5) is 96.7. The van der Waals surface area contributed by atoms with Crippen molar-refractivity contribution in [2.45, 2.75) is 89.8 Å². The molecule has 4 heterocycles. The Morgan fingerprint density at radius 1 is 0.829 bits per heavy atom. The molecule has 0 aliphatic carbocycles. The lowest BCUT2D eigenvalue weighted by atomic mass is 9.93. The first-order chi connectivity index (χ1) is 36.6. The number of nitrogens with one attached hydrogen (secondary N) is 2. The normalized spacial score (nSPS) is 22.4. The summed E-state index contributed by atoms with van der Waals surface area (Å²) in [5, 5.41) is 6.73. The summed E-state index contributed by atoms with van der Waals surface area (Å²) in [7, 11) is 4.64. The molecule has 1 unspecified atom stereocenters. The van der Waals surface area contributed by atoms with Crippen LogP contribution in [0.15, 0.2) is 103 Å². The molecule has 3 aliphatic rings. The molecule has 76 heavy (non-hydrogen) atoms. The van der Waals surface area contributed by atoms with Gasteiger partial charge in [0.2, 0.25) is 35.4 Å². The number of amides is 6. The van der Waals surface area contributed by atoms with Crippen molar-refractivity contribution < 1.29 is 43.0 Å². The monoisotopic (exact) mass is 1080 g/mol. The number of nitrogens with zero attached hydrogens (tertiary/aromatic N) is 6. The molecule has 4 aromatic carbocycles. The van der Waals surface area contributed by atoms with Crippen LogP contribution in [0.4, 0.5) is 0 Å². The Kier molecular flexibility index (Phi) is 18.5. The van der Waals surface area contributed by atoms with Crippen LogP contribution in [0, 0.1) is 11.8 Å². The van der Waals surface area contributed by atoms with Crippen molar-refractivity contribution in [2.24, 2.45) is 11.8 Å². The van der Waals surface area contributed by atoms with Gasteiger partial charge >= 0.3 is 0 Å². The van der Waals surface area contributed by atoms with E-state index >= 15 is 4.79 Å². The van der Waals surface area contributed by atoms with Gasteiger partial charge in [0, 0.05) is 93.5 Å². The van der Waals surface area contributed by atoms with Crippen LogP contribution in [-0.2, 0) is 70.7 Å². The van der Waals surface area contributed by atoms with E-state index in [1.165, 1.54) is 16.9 Å². The Hall–Kier alpha value is -6.79. The molecule has 19 heteroatoms. The van der Waals surface area contributed by atoms with Gasteiger partial charge in [-0.15, -0.1) is 0 Å². The van der Waals surface area contributed by atoms with Gasteiger partial charge in [0.25, 0.3) is 0 Å². The molecule has 0 radical (unpaired) electrons. The van der Waals surface area contributed by atoms with E-state index in [0.717, 1.165) is 34.6 Å². The fourth-order valence-corrected chi connectivity index (χ4v) is 10.3. The second-order valence-electron chi connectivity index (χ2n) is 20.0. The SMILES string of the molecule is COC[C@@H]1NC(=O)[C@H](C)N(Cc2ccc(Cl)cc2Oc2ccc(-c3cnc4n3CCN(C(=O)C3CCOC3)C4)cc2)C(=O)C[C@@H](Cc2ccccc2)C(=O)N(C)[C@@H](C)CNC(=O)C[C@H](Cc2ccc(Cl)cc2)N(C)C1=O. The Balaban J connectivity index is 1.08. The number of carbonyl (C=O) groups excluding carboxylic acids is 6. The van der Waals surface area contributed by atoms with Crippen LogP contribution in [0.25, 0.3) is 11.3 Å². The van der Waals surface area contributed by atoms with Gasteiger partial charge in [0.05, 0.1) is 50.0 Å². The summed E-state index contributed by atoms with van der Waals surface area (Å²) in [5.41, 5.74) is 3.98. The minimum absolute atomic E-state index is 0.0827. The number of fused-ring (bicyclic) bond motifs is 1. The van der Waals surface area contributed by atoms with Crippen LogP contribution in [0.2, 0.25) is 10.0 Å². The van der Waals surface area contributed by atoms with Crippen LogP contribution >= 0.6 is 23.2 Å². The van der Waals surface area contributed by atoms with Gasteiger partial charge in [-0.3, -0.25) is 28.8 Å². The highest BCUT2D eigenvalue weighted by atomic mass is 35.5. The predicted octanol–water partition coefficient (Wildman–Crippen LogP) is 6.56. The summed E-state index contributed by atoms with van der Waals surface area (Å²) < 4.78 is 19.6. The quantitative estimate of drug-likeness (QED) is 0.139. The van der Waals surface area contributed by atoms with Gasteiger partial charge in [0.1, 0.15) is 29.4 Å². The highest BCUT2D eigenvalue weighted by molar-refractivity contribution is 6.31. The number of carbonyl (C=O) groups is 6. The van der Waals surface area contributed by atoms with Crippen molar-refractivity contribution in [2.75, 3.05) is 54.1 Å². The second-order valence-corrected chi connectivity index (χ2v) is 20.8. The van der Waals surface area contributed by atoms with E-state index in [4.69, 9.17) is 37.4 Å². The van der Waals surface area contributed by atoms with Crippen molar-refractivity contribution in [1.82, 2.24) is 39.8 Å².